The van der Waals surface area contributed by atoms with Crippen molar-refractivity contribution < 1.29 is 18.0 Å². The van der Waals surface area contributed by atoms with Crippen LogP contribution in [0.3, 0.4) is 0 Å². The number of carbonyl (C=O) groups is 2. The molecule has 33 heavy (non-hydrogen) atoms. The summed E-state index contributed by atoms with van der Waals surface area (Å²) in [5, 5.41) is 11.1. The molecule has 2 aliphatic heterocycles. The smallest absolute Gasteiger partial charge is 0.243 e. The second kappa shape index (κ2) is 10.2. The maximum atomic E-state index is 13.5. The molecular formula is C22H32N6O4S. The van der Waals surface area contributed by atoms with Gasteiger partial charge in [-0.2, -0.15) is 4.31 Å². The molecule has 11 heteroatoms. The lowest BCUT2D eigenvalue weighted by atomic mass is 10.0. The van der Waals surface area contributed by atoms with Gasteiger partial charge in [-0.25, -0.2) is 13.1 Å². The van der Waals surface area contributed by atoms with E-state index in [1.54, 1.807) is 22.9 Å². The highest BCUT2D eigenvalue weighted by Crippen LogP contribution is 2.27. The van der Waals surface area contributed by atoms with Crippen molar-refractivity contribution in [2.45, 2.75) is 69.4 Å². The summed E-state index contributed by atoms with van der Waals surface area (Å²) in [6, 6.07) is 4.12. The summed E-state index contributed by atoms with van der Waals surface area (Å²) in [5.74, 6) is -0.112. The number of aryl methyl sites for hydroxylation is 1. The largest absolute Gasteiger partial charge is 0.355 e. The summed E-state index contributed by atoms with van der Waals surface area (Å²) >= 11 is 0. The van der Waals surface area contributed by atoms with Crippen LogP contribution in [0.4, 0.5) is 0 Å². The van der Waals surface area contributed by atoms with E-state index < -0.39 is 16.1 Å². The number of rotatable bonds is 9. The number of hydrogen-bond donors (Lipinski definition) is 1. The van der Waals surface area contributed by atoms with Crippen LogP contribution in [0.15, 0.2) is 23.1 Å². The Balaban J connectivity index is 1.43. The number of hydrogen-bond acceptors (Lipinski definition) is 6. The quantitative estimate of drug-likeness (QED) is 0.548. The first-order chi connectivity index (χ1) is 15.9. The van der Waals surface area contributed by atoms with Crippen molar-refractivity contribution in [2.75, 3.05) is 26.2 Å². The summed E-state index contributed by atoms with van der Waals surface area (Å²) in [6.07, 6.45) is 5.05. The van der Waals surface area contributed by atoms with Crippen LogP contribution >= 0.6 is 0 Å². The van der Waals surface area contributed by atoms with Gasteiger partial charge in [0.05, 0.1) is 10.4 Å². The molecule has 2 saturated heterocycles. The molecule has 4 rings (SSSR count). The van der Waals surface area contributed by atoms with Crippen LogP contribution in [0.25, 0.3) is 11.0 Å². The highest BCUT2D eigenvalue weighted by molar-refractivity contribution is 7.89. The van der Waals surface area contributed by atoms with Crippen LogP contribution in [0, 0.1) is 0 Å². The van der Waals surface area contributed by atoms with Crippen molar-refractivity contribution in [2.24, 2.45) is 0 Å². The summed E-state index contributed by atoms with van der Waals surface area (Å²) in [7, 11) is -3.86. The molecule has 1 N–H and O–H groups in total. The van der Waals surface area contributed by atoms with Gasteiger partial charge in [0, 0.05) is 39.1 Å². The van der Waals surface area contributed by atoms with Crippen molar-refractivity contribution in [1.82, 2.24) is 29.5 Å². The first-order valence-corrected chi connectivity index (χ1v) is 13.3. The first-order valence-electron chi connectivity index (χ1n) is 11.8. The predicted octanol–water partition coefficient (Wildman–Crippen LogP) is 1.51. The number of aromatic nitrogens is 3. The number of piperidine rings is 1. The van der Waals surface area contributed by atoms with Crippen molar-refractivity contribution in [3.05, 3.63) is 18.2 Å². The fourth-order valence-corrected chi connectivity index (χ4v) is 6.30. The van der Waals surface area contributed by atoms with Crippen LogP contribution in [0.2, 0.25) is 0 Å². The lowest BCUT2D eigenvalue weighted by Crippen LogP contribution is -2.52. The molecule has 1 atom stereocenters. The molecule has 0 unspecified atom stereocenters. The van der Waals surface area contributed by atoms with E-state index in [-0.39, 0.29) is 16.7 Å². The zero-order valence-electron chi connectivity index (χ0n) is 19.1. The Labute approximate surface area is 194 Å². The molecule has 1 aromatic carbocycles. The normalized spacial score (nSPS) is 20.0. The van der Waals surface area contributed by atoms with E-state index in [0.717, 1.165) is 37.7 Å². The minimum atomic E-state index is -3.86. The number of nitrogens with one attached hydrogen (secondary N) is 1. The summed E-state index contributed by atoms with van der Waals surface area (Å²) in [6.45, 7) is 4.87. The molecule has 1 aromatic heterocycles. The number of nitrogens with zero attached hydrogens (tertiary/aromatic N) is 5. The third kappa shape index (κ3) is 5.03. The third-order valence-electron chi connectivity index (χ3n) is 6.36. The van der Waals surface area contributed by atoms with Gasteiger partial charge < -0.3 is 10.2 Å². The van der Waals surface area contributed by atoms with Gasteiger partial charge in [-0.3, -0.25) is 9.59 Å². The molecule has 2 aliphatic rings. The fraction of sp³-hybridized carbons (Fsp3) is 0.636. The monoisotopic (exact) mass is 476 g/mol. The minimum absolute atomic E-state index is 0.130. The first kappa shape index (κ1) is 23.6. The van der Waals surface area contributed by atoms with Gasteiger partial charge >= 0.3 is 0 Å². The van der Waals surface area contributed by atoms with Gasteiger partial charge in [-0.15, -0.1) is 5.10 Å². The van der Waals surface area contributed by atoms with Crippen molar-refractivity contribution >= 4 is 32.9 Å². The van der Waals surface area contributed by atoms with Gasteiger partial charge in [-0.1, -0.05) is 18.6 Å². The van der Waals surface area contributed by atoms with E-state index in [4.69, 9.17) is 0 Å². The fourth-order valence-electron chi connectivity index (χ4n) is 4.62. The standard InChI is InChI=1S/C22H32N6O4S/c1-2-12-27-19-10-9-17(16-18(19)24-25-27)33(31,32)28-15-4-3-7-20(28)22(30)23-11-6-14-26-13-5-8-21(26)29/h9-10,16,20H,2-8,11-15H2,1H3,(H,23,30)/t20-/m0/s1. The lowest BCUT2D eigenvalue weighted by molar-refractivity contribution is -0.127. The average molecular weight is 477 g/mol. The van der Waals surface area contributed by atoms with E-state index in [0.29, 0.717) is 51.0 Å². The highest BCUT2D eigenvalue weighted by Gasteiger charge is 2.37. The van der Waals surface area contributed by atoms with Crippen LogP contribution in [-0.2, 0) is 26.2 Å². The van der Waals surface area contributed by atoms with Gasteiger partial charge in [0.15, 0.2) is 0 Å². The molecule has 0 spiro atoms. The zero-order valence-corrected chi connectivity index (χ0v) is 19.9. The summed E-state index contributed by atoms with van der Waals surface area (Å²) < 4.78 is 30.0. The molecule has 0 radical (unpaired) electrons. The Kier molecular flexibility index (Phi) is 7.28. The number of sulfonamides is 1. The molecule has 2 aromatic rings. The second-order valence-corrected chi connectivity index (χ2v) is 10.6. The Bertz CT molecular complexity index is 1120. The Morgan fingerprint density at radius 1 is 1.18 bits per heavy atom. The van der Waals surface area contributed by atoms with E-state index >= 15 is 0 Å². The predicted molar refractivity (Wildman–Crippen MR) is 123 cm³/mol. The number of fused-ring (bicyclic) bond motifs is 1. The topological polar surface area (TPSA) is 118 Å². The number of amides is 2. The maximum Gasteiger partial charge on any atom is 0.243 e. The highest BCUT2D eigenvalue weighted by atomic mass is 32.2. The summed E-state index contributed by atoms with van der Waals surface area (Å²) in [5.41, 5.74) is 1.32. The van der Waals surface area contributed by atoms with E-state index in [1.165, 1.54) is 4.31 Å². The SMILES string of the molecule is CCCn1nnc2cc(S(=O)(=O)N3CCCC[C@H]3C(=O)NCCCN3CCCC3=O)ccc21. The molecule has 10 nitrogen and oxygen atoms in total. The van der Waals surface area contributed by atoms with Gasteiger partial charge in [-0.05, 0) is 50.3 Å². The van der Waals surface area contributed by atoms with Crippen LogP contribution in [0.5, 0.6) is 0 Å². The second-order valence-electron chi connectivity index (χ2n) is 8.72. The van der Waals surface area contributed by atoms with Crippen LogP contribution in [0.1, 0.15) is 51.9 Å². The minimum Gasteiger partial charge on any atom is -0.355 e. The number of benzene rings is 1. The molecule has 3 heterocycles. The Morgan fingerprint density at radius 3 is 2.79 bits per heavy atom. The van der Waals surface area contributed by atoms with Crippen molar-refractivity contribution in [1.29, 1.82) is 0 Å². The molecular weight excluding hydrogens is 444 g/mol. The van der Waals surface area contributed by atoms with Crippen LogP contribution < -0.4 is 5.32 Å². The number of likely N-dealkylation sites (tertiary alicyclic amines) is 1. The molecule has 180 valence electrons. The Hall–Kier alpha value is -2.53. The molecule has 0 saturated carbocycles. The molecule has 0 bridgehead atoms. The van der Waals surface area contributed by atoms with Gasteiger partial charge in [0.25, 0.3) is 0 Å². The van der Waals surface area contributed by atoms with Gasteiger partial charge in [0.2, 0.25) is 21.8 Å². The molecule has 2 fully saturated rings. The summed E-state index contributed by atoms with van der Waals surface area (Å²) in [4.78, 5) is 26.6. The zero-order chi connectivity index (χ0) is 23.4. The van der Waals surface area contributed by atoms with E-state index in [9.17, 15) is 18.0 Å². The molecule has 2 amide bonds. The van der Waals surface area contributed by atoms with E-state index in [2.05, 4.69) is 15.6 Å². The Morgan fingerprint density at radius 2 is 2.03 bits per heavy atom. The number of carbonyl (C=O) groups excluding carboxylic acids is 2. The van der Waals surface area contributed by atoms with Crippen LogP contribution in [-0.4, -0.2) is 76.7 Å². The van der Waals surface area contributed by atoms with E-state index in [1.807, 2.05) is 11.8 Å². The van der Waals surface area contributed by atoms with Crippen molar-refractivity contribution in [3.8, 4) is 0 Å². The average Bonchev–Trinajstić information content (AvgIpc) is 3.42. The van der Waals surface area contributed by atoms with Gasteiger partial charge in [0.1, 0.15) is 11.6 Å². The molecule has 0 aliphatic carbocycles. The van der Waals surface area contributed by atoms with Crippen molar-refractivity contribution in [3.63, 3.8) is 0 Å². The lowest BCUT2D eigenvalue weighted by Gasteiger charge is -2.33. The maximum absolute atomic E-state index is 13.5. The third-order valence-corrected chi connectivity index (χ3v) is 8.26.